The molecule has 1 aromatic heterocycles. The molecule has 0 fully saturated rings. The predicted molar refractivity (Wildman–Crippen MR) is 68.0 cm³/mol. The Labute approximate surface area is 104 Å². The van der Waals surface area contributed by atoms with Gasteiger partial charge in [-0.2, -0.15) is 0 Å². The van der Waals surface area contributed by atoms with E-state index in [0.717, 1.165) is 16.3 Å². The van der Waals surface area contributed by atoms with E-state index in [4.69, 9.17) is 23.2 Å². The van der Waals surface area contributed by atoms with Gasteiger partial charge in [0.15, 0.2) is 0 Å². The van der Waals surface area contributed by atoms with Crippen LogP contribution in [0.3, 0.4) is 0 Å². The number of nitrogens with one attached hydrogen (secondary N) is 1. The number of hydrogen-bond acceptors (Lipinski definition) is 2. The maximum absolute atomic E-state index is 5.97. The molecule has 1 N–H and O–H groups in total. The number of halogens is 2. The van der Waals surface area contributed by atoms with Gasteiger partial charge in [0.2, 0.25) is 0 Å². The van der Waals surface area contributed by atoms with Gasteiger partial charge in [-0.25, -0.2) is 0 Å². The van der Waals surface area contributed by atoms with Gasteiger partial charge in [0, 0.05) is 24.0 Å². The number of rotatable bonds is 3. The van der Waals surface area contributed by atoms with Crippen LogP contribution in [-0.4, -0.2) is 4.98 Å². The van der Waals surface area contributed by atoms with Crippen LogP contribution in [0.4, 0.5) is 5.69 Å². The van der Waals surface area contributed by atoms with Crippen molar-refractivity contribution in [2.24, 2.45) is 0 Å². The summed E-state index contributed by atoms with van der Waals surface area (Å²) in [4.78, 5) is 3.92. The first-order valence-corrected chi connectivity index (χ1v) is 5.59. The lowest BCUT2D eigenvalue weighted by atomic mass is 10.2. The molecule has 0 saturated heterocycles. The average molecular weight is 253 g/mol. The van der Waals surface area contributed by atoms with Crippen LogP contribution in [0.2, 0.25) is 10.0 Å². The third kappa shape index (κ3) is 2.87. The van der Waals surface area contributed by atoms with Gasteiger partial charge in [0.1, 0.15) is 0 Å². The smallest absolute Gasteiger partial charge is 0.0820 e. The molecule has 82 valence electrons. The van der Waals surface area contributed by atoms with E-state index in [1.807, 2.05) is 30.3 Å². The van der Waals surface area contributed by atoms with Crippen LogP contribution in [0.15, 0.2) is 42.7 Å². The Morgan fingerprint density at radius 1 is 1.06 bits per heavy atom. The van der Waals surface area contributed by atoms with E-state index in [2.05, 4.69) is 10.3 Å². The normalized spacial score (nSPS) is 10.1. The van der Waals surface area contributed by atoms with Gasteiger partial charge in [-0.3, -0.25) is 4.98 Å². The maximum Gasteiger partial charge on any atom is 0.0820 e. The Kier molecular flexibility index (Phi) is 3.65. The maximum atomic E-state index is 5.97. The van der Waals surface area contributed by atoms with Crippen molar-refractivity contribution < 1.29 is 0 Å². The summed E-state index contributed by atoms with van der Waals surface area (Å²) in [5, 5.41) is 4.60. The standard InChI is InChI=1S/C12H10Cl2N2/c13-10-3-1-9(2-4-10)7-16-12-5-6-15-8-11(12)14/h1-6,8H,7H2,(H,15,16). The fourth-order valence-electron chi connectivity index (χ4n) is 1.32. The molecule has 0 radical (unpaired) electrons. The molecule has 1 heterocycles. The summed E-state index contributed by atoms with van der Waals surface area (Å²) in [5.41, 5.74) is 2.03. The summed E-state index contributed by atoms with van der Waals surface area (Å²) in [5.74, 6) is 0. The van der Waals surface area contributed by atoms with Crippen LogP contribution in [0.25, 0.3) is 0 Å². The Hall–Kier alpha value is -1.25. The third-order valence-corrected chi connectivity index (χ3v) is 2.72. The highest BCUT2D eigenvalue weighted by atomic mass is 35.5. The van der Waals surface area contributed by atoms with Crippen LogP contribution in [0, 0.1) is 0 Å². The molecule has 1 aromatic carbocycles. The highest BCUT2D eigenvalue weighted by Crippen LogP contribution is 2.20. The third-order valence-electron chi connectivity index (χ3n) is 2.17. The van der Waals surface area contributed by atoms with Crippen LogP contribution < -0.4 is 5.32 Å². The zero-order valence-electron chi connectivity index (χ0n) is 8.45. The van der Waals surface area contributed by atoms with Gasteiger partial charge >= 0.3 is 0 Å². The first kappa shape index (κ1) is 11.2. The minimum Gasteiger partial charge on any atom is -0.380 e. The molecule has 4 heteroatoms. The second-order valence-electron chi connectivity index (χ2n) is 3.34. The first-order chi connectivity index (χ1) is 7.75. The molecular formula is C12H10Cl2N2. The van der Waals surface area contributed by atoms with Crippen molar-refractivity contribution in [1.82, 2.24) is 4.98 Å². The summed E-state index contributed by atoms with van der Waals surface area (Å²) in [7, 11) is 0. The number of anilines is 1. The van der Waals surface area contributed by atoms with Crippen molar-refractivity contribution in [1.29, 1.82) is 0 Å². The molecule has 16 heavy (non-hydrogen) atoms. The zero-order valence-corrected chi connectivity index (χ0v) is 9.96. The lowest BCUT2D eigenvalue weighted by molar-refractivity contribution is 1.14. The summed E-state index contributed by atoms with van der Waals surface area (Å²) in [6.45, 7) is 0.709. The number of hydrogen-bond donors (Lipinski definition) is 1. The molecule has 2 nitrogen and oxygen atoms in total. The molecule has 0 aliphatic carbocycles. The Bertz CT molecular complexity index is 469. The molecule has 2 aromatic rings. The van der Waals surface area contributed by atoms with E-state index in [9.17, 15) is 0 Å². The minimum absolute atomic E-state index is 0.622. The van der Waals surface area contributed by atoms with Crippen molar-refractivity contribution in [2.75, 3.05) is 5.32 Å². The monoisotopic (exact) mass is 252 g/mol. The molecule has 0 bridgehead atoms. The zero-order chi connectivity index (χ0) is 11.4. The van der Waals surface area contributed by atoms with Gasteiger partial charge in [0.05, 0.1) is 10.7 Å². The molecule has 0 aliphatic heterocycles. The lowest BCUT2D eigenvalue weighted by Gasteiger charge is -2.07. The van der Waals surface area contributed by atoms with Crippen molar-refractivity contribution in [3.8, 4) is 0 Å². The van der Waals surface area contributed by atoms with Gasteiger partial charge in [0.25, 0.3) is 0 Å². The van der Waals surface area contributed by atoms with Crippen molar-refractivity contribution in [2.45, 2.75) is 6.54 Å². The van der Waals surface area contributed by atoms with Crippen LogP contribution in [0.1, 0.15) is 5.56 Å². The molecule has 0 atom stereocenters. The minimum atomic E-state index is 0.622. The van der Waals surface area contributed by atoms with Crippen LogP contribution in [-0.2, 0) is 6.54 Å². The summed E-state index contributed by atoms with van der Waals surface area (Å²) in [6, 6.07) is 9.53. The Morgan fingerprint density at radius 2 is 1.81 bits per heavy atom. The second kappa shape index (κ2) is 5.19. The average Bonchev–Trinajstić information content (AvgIpc) is 2.30. The number of nitrogens with zero attached hydrogens (tertiary/aromatic N) is 1. The number of pyridine rings is 1. The highest BCUT2D eigenvalue weighted by molar-refractivity contribution is 6.33. The lowest BCUT2D eigenvalue weighted by Crippen LogP contribution is -1.99. The van der Waals surface area contributed by atoms with Crippen LogP contribution >= 0.6 is 23.2 Å². The molecule has 0 amide bonds. The first-order valence-electron chi connectivity index (χ1n) is 4.83. The fourth-order valence-corrected chi connectivity index (χ4v) is 1.63. The fraction of sp³-hybridized carbons (Fsp3) is 0.0833. The molecule has 0 aliphatic rings. The van der Waals surface area contributed by atoms with Crippen molar-refractivity contribution >= 4 is 28.9 Å². The van der Waals surface area contributed by atoms with Gasteiger partial charge in [-0.15, -0.1) is 0 Å². The van der Waals surface area contributed by atoms with E-state index in [0.29, 0.717) is 11.6 Å². The largest absolute Gasteiger partial charge is 0.380 e. The highest BCUT2D eigenvalue weighted by Gasteiger charge is 1.98. The summed E-state index contributed by atoms with van der Waals surface area (Å²) < 4.78 is 0. The van der Waals surface area contributed by atoms with Gasteiger partial charge < -0.3 is 5.32 Å². The van der Waals surface area contributed by atoms with E-state index < -0.39 is 0 Å². The summed E-state index contributed by atoms with van der Waals surface area (Å²) in [6.07, 6.45) is 3.32. The molecule has 0 spiro atoms. The molecule has 0 saturated carbocycles. The van der Waals surface area contributed by atoms with E-state index >= 15 is 0 Å². The molecule has 0 unspecified atom stereocenters. The Morgan fingerprint density at radius 3 is 2.50 bits per heavy atom. The van der Waals surface area contributed by atoms with E-state index in [1.165, 1.54) is 0 Å². The SMILES string of the molecule is Clc1ccc(CNc2ccncc2Cl)cc1. The quantitative estimate of drug-likeness (QED) is 0.894. The molecular weight excluding hydrogens is 243 g/mol. The second-order valence-corrected chi connectivity index (χ2v) is 4.18. The van der Waals surface area contributed by atoms with E-state index in [-0.39, 0.29) is 0 Å². The van der Waals surface area contributed by atoms with Crippen LogP contribution in [0.5, 0.6) is 0 Å². The molecule has 2 rings (SSSR count). The van der Waals surface area contributed by atoms with Crippen molar-refractivity contribution in [3.05, 3.63) is 58.3 Å². The van der Waals surface area contributed by atoms with Crippen molar-refractivity contribution in [3.63, 3.8) is 0 Å². The van der Waals surface area contributed by atoms with Gasteiger partial charge in [-0.05, 0) is 23.8 Å². The predicted octanol–water partition coefficient (Wildman–Crippen LogP) is 4.00. The van der Waals surface area contributed by atoms with E-state index in [1.54, 1.807) is 12.4 Å². The topological polar surface area (TPSA) is 24.9 Å². The van der Waals surface area contributed by atoms with Gasteiger partial charge in [-0.1, -0.05) is 35.3 Å². The Balaban J connectivity index is 2.02. The number of aromatic nitrogens is 1. The summed E-state index contributed by atoms with van der Waals surface area (Å²) >= 11 is 11.8. The number of benzene rings is 1.